The molecule has 0 spiro atoms. The van der Waals surface area contributed by atoms with Crippen molar-refractivity contribution in [1.82, 2.24) is 9.97 Å². The first-order chi connectivity index (χ1) is 8.09. The molecule has 0 bridgehead atoms. The van der Waals surface area contributed by atoms with Crippen molar-refractivity contribution in [1.29, 1.82) is 0 Å². The fourth-order valence-corrected chi connectivity index (χ4v) is 1.47. The second-order valence-electron chi connectivity index (χ2n) is 3.39. The van der Waals surface area contributed by atoms with Gasteiger partial charge in [0.2, 0.25) is 0 Å². The molecule has 1 aromatic carbocycles. The normalized spacial score (nSPS) is 10.6. The molecule has 0 saturated carbocycles. The summed E-state index contributed by atoms with van der Waals surface area (Å²) in [6, 6.07) is 6.84. The number of carboxylic acids is 2. The number of carboxylic acid groups (broad SMARTS) is 2. The van der Waals surface area contributed by atoms with Gasteiger partial charge in [-0.25, -0.2) is 4.98 Å². The Hall–Kier alpha value is -2.50. The Labute approximate surface area is 95.6 Å². The van der Waals surface area contributed by atoms with E-state index in [1.54, 1.807) is 24.3 Å². The predicted molar refractivity (Wildman–Crippen MR) is 57.6 cm³/mol. The number of para-hydroxylation sites is 2. The summed E-state index contributed by atoms with van der Waals surface area (Å²) < 4.78 is 0. The maximum atomic E-state index is 10.8. The Bertz CT molecular complexity index is 583. The van der Waals surface area contributed by atoms with Gasteiger partial charge in [-0.15, -0.1) is 0 Å². The topological polar surface area (TPSA) is 100 Å². The van der Waals surface area contributed by atoms with Gasteiger partial charge in [0, 0.05) is 0 Å². The zero-order valence-electron chi connectivity index (χ0n) is 8.57. The monoisotopic (exact) mass is 232 g/mol. The van der Waals surface area contributed by atoms with Crippen LogP contribution in [-0.2, 0) is 9.59 Å². The summed E-state index contributed by atoms with van der Waals surface area (Å²) in [5, 5.41) is 17.6. The Kier molecular flexibility index (Phi) is 2.70. The van der Waals surface area contributed by atoms with Gasteiger partial charge >= 0.3 is 11.9 Å². The van der Waals surface area contributed by atoms with Gasteiger partial charge in [-0.05, 0) is 12.1 Å². The Morgan fingerprint density at radius 3 is 2.24 bits per heavy atom. The van der Waals surface area contributed by atoms with Gasteiger partial charge in [0.1, 0.15) is 0 Å². The van der Waals surface area contributed by atoms with Crippen LogP contribution in [-0.4, -0.2) is 32.1 Å². The van der Waals surface area contributed by atoms with E-state index in [9.17, 15) is 9.59 Å². The number of aliphatic carboxylic acids is 2. The average Bonchev–Trinajstić information content (AvgIpc) is 2.28. The average molecular weight is 232 g/mol. The highest BCUT2D eigenvalue weighted by Gasteiger charge is 2.29. The first-order valence-electron chi connectivity index (χ1n) is 4.77. The molecule has 86 valence electrons. The van der Waals surface area contributed by atoms with Crippen molar-refractivity contribution in [3.8, 4) is 0 Å². The third-order valence-corrected chi connectivity index (χ3v) is 2.26. The standard InChI is InChI=1S/C11H8N2O4/c14-10(15)9(11(16)17)8-5-12-6-3-1-2-4-7(6)13-8/h1-5,9H,(H,14,15)(H,16,17). The molecule has 1 aromatic heterocycles. The number of rotatable bonds is 3. The summed E-state index contributed by atoms with van der Waals surface area (Å²) in [7, 11) is 0. The van der Waals surface area contributed by atoms with E-state index < -0.39 is 17.9 Å². The Balaban J connectivity index is 2.55. The zero-order chi connectivity index (χ0) is 12.4. The number of carbonyl (C=O) groups is 2. The molecule has 6 nitrogen and oxygen atoms in total. The number of benzene rings is 1. The van der Waals surface area contributed by atoms with E-state index in [-0.39, 0.29) is 5.69 Å². The maximum absolute atomic E-state index is 10.8. The van der Waals surface area contributed by atoms with Gasteiger partial charge in [0.15, 0.2) is 5.92 Å². The Morgan fingerprint density at radius 1 is 1.06 bits per heavy atom. The van der Waals surface area contributed by atoms with Crippen LogP contribution >= 0.6 is 0 Å². The summed E-state index contributed by atoms with van der Waals surface area (Å²) in [4.78, 5) is 29.6. The van der Waals surface area contributed by atoms with Crippen molar-refractivity contribution in [2.45, 2.75) is 5.92 Å². The van der Waals surface area contributed by atoms with Crippen LogP contribution in [0.2, 0.25) is 0 Å². The lowest BCUT2D eigenvalue weighted by atomic mass is 10.1. The van der Waals surface area contributed by atoms with Crippen molar-refractivity contribution in [2.75, 3.05) is 0 Å². The predicted octanol–water partition coefficient (Wildman–Crippen LogP) is 0.883. The SMILES string of the molecule is O=C(O)C(C(=O)O)c1cnc2ccccc2n1. The molecule has 2 aromatic rings. The van der Waals surface area contributed by atoms with Crippen molar-refractivity contribution in [3.05, 3.63) is 36.2 Å². The molecular formula is C11H8N2O4. The lowest BCUT2D eigenvalue weighted by Crippen LogP contribution is -2.22. The van der Waals surface area contributed by atoms with E-state index in [2.05, 4.69) is 9.97 Å². The highest BCUT2D eigenvalue weighted by atomic mass is 16.4. The van der Waals surface area contributed by atoms with Gasteiger partial charge in [-0.1, -0.05) is 12.1 Å². The summed E-state index contributed by atoms with van der Waals surface area (Å²) in [5.41, 5.74) is 0.979. The zero-order valence-corrected chi connectivity index (χ0v) is 8.57. The van der Waals surface area contributed by atoms with Crippen molar-refractivity contribution >= 4 is 23.0 Å². The fraction of sp³-hybridized carbons (Fsp3) is 0.0909. The number of hydrogen-bond acceptors (Lipinski definition) is 4. The van der Waals surface area contributed by atoms with E-state index in [4.69, 9.17) is 10.2 Å². The molecule has 0 saturated heterocycles. The minimum Gasteiger partial charge on any atom is -0.480 e. The molecule has 0 unspecified atom stereocenters. The molecule has 2 rings (SSSR count). The molecule has 0 aliphatic carbocycles. The number of hydrogen-bond donors (Lipinski definition) is 2. The van der Waals surface area contributed by atoms with Crippen LogP contribution in [0.4, 0.5) is 0 Å². The van der Waals surface area contributed by atoms with Crippen LogP contribution in [0.5, 0.6) is 0 Å². The van der Waals surface area contributed by atoms with E-state index in [1.807, 2.05) is 0 Å². The molecule has 0 aliphatic rings. The number of fused-ring (bicyclic) bond motifs is 1. The van der Waals surface area contributed by atoms with E-state index in [0.717, 1.165) is 0 Å². The molecule has 0 radical (unpaired) electrons. The minimum absolute atomic E-state index is 0.0799. The largest absolute Gasteiger partial charge is 0.480 e. The third kappa shape index (κ3) is 2.05. The van der Waals surface area contributed by atoms with Crippen LogP contribution in [0.15, 0.2) is 30.5 Å². The number of aromatic nitrogens is 2. The molecule has 17 heavy (non-hydrogen) atoms. The molecule has 0 amide bonds. The molecule has 2 N–H and O–H groups in total. The van der Waals surface area contributed by atoms with Crippen LogP contribution in [0.3, 0.4) is 0 Å². The quantitative estimate of drug-likeness (QED) is 0.762. The summed E-state index contributed by atoms with van der Waals surface area (Å²) >= 11 is 0. The van der Waals surface area contributed by atoms with Crippen molar-refractivity contribution < 1.29 is 19.8 Å². The van der Waals surface area contributed by atoms with E-state index >= 15 is 0 Å². The fourth-order valence-electron chi connectivity index (χ4n) is 1.47. The molecule has 0 fully saturated rings. The lowest BCUT2D eigenvalue weighted by molar-refractivity contribution is -0.150. The summed E-state index contributed by atoms with van der Waals surface area (Å²) in [5.74, 6) is -4.60. The minimum atomic E-state index is -1.69. The van der Waals surface area contributed by atoms with Crippen molar-refractivity contribution in [3.63, 3.8) is 0 Å². The summed E-state index contributed by atoms with van der Waals surface area (Å²) in [6.45, 7) is 0. The van der Waals surface area contributed by atoms with Crippen LogP contribution < -0.4 is 0 Å². The van der Waals surface area contributed by atoms with Gasteiger partial charge < -0.3 is 10.2 Å². The van der Waals surface area contributed by atoms with Crippen LogP contribution in [0.25, 0.3) is 11.0 Å². The third-order valence-electron chi connectivity index (χ3n) is 2.26. The molecule has 0 atom stereocenters. The van der Waals surface area contributed by atoms with E-state index in [1.165, 1.54) is 6.20 Å². The van der Waals surface area contributed by atoms with Gasteiger partial charge in [-0.3, -0.25) is 14.6 Å². The highest BCUT2D eigenvalue weighted by molar-refractivity contribution is 5.98. The summed E-state index contributed by atoms with van der Waals surface area (Å²) in [6.07, 6.45) is 1.18. The van der Waals surface area contributed by atoms with Gasteiger partial charge in [0.25, 0.3) is 0 Å². The molecule has 6 heteroatoms. The van der Waals surface area contributed by atoms with Gasteiger partial charge in [0.05, 0.1) is 22.9 Å². The van der Waals surface area contributed by atoms with E-state index in [0.29, 0.717) is 11.0 Å². The van der Waals surface area contributed by atoms with Crippen LogP contribution in [0, 0.1) is 0 Å². The van der Waals surface area contributed by atoms with Gasteiger partial charge in [-0.2, -0.15) is 0 Å². The first-order valence-corrected chi connectivity index (χ1v) is 4.77. The molecule has 1 heterocycles. The highest BCUT2D eigenvalue weighted by Crippen LogP contribution is 2.16. The van der Waals surface area contributed by atoms with Crippen LogP contribution in [0.1, 0.15) is 11.6 Å². The van der Waals surface area contributed by atoms with Crippen molar-refractivity contribution in [2.24, 2.45) is 0 Å². The second kappa shape index (κ2) is 4.17. The lowest BCUT2D eigenvalue weighted by Gasteiger charge is -2.06. The first kappa shape index (κ1) is 11.0. The molecular weight excluding hydrogens is 224 g/mol. The molecule has 0 aliphatic heterocycles. The number of nitrogens with zero attached hydrogens (tertiary/aromatic N) is 2. The second-order valence-corrected chi connectivity index (χ2v) is 3.39. The maximum Gasteiger partial charge on any atom is 0.324 e. The Morgan fingerprint density at radius 2 is 1.65 bits per heavy atom. The smallest absolute Gasteiger partial charge is 0.324 e.